The van der Waals surface area contributed by atoms with Crippen LogP contribution in [0, 0.1) is 24.7 Å². The summed E-state index contributed by atoms with van der Waals surface area (Å²) in [7, 11) is 0. The van der Waals surface area contributed by atoms with E-state index in [9.17, 15) is 4.79 Å². The van der Waals surface area contributed by atoms with Gasteiger partial charge >= 0.3 is 0 Å². The molecular formula is C18H14N2O. The van der Waals surface area contributed by atoms with Crippen LogP contribution < -0.4 is 5.73 Å². The third-order valence-electron chi connectivity index (χ3n) is 3.55. The second-order valence-electron chi connectivity index (χ2n) is 5.00. The molecule has 1 amide bonds. The first kappa shape index (κ1) is 13.1. The molecule has 21 heavy (non-hydrogen) atoms. The molecule has 3 rings (SSSR count). The minimum atomic E-state index is -0.441. The lowest BCUT2D eigenvalue weighted by Crippen LogP contribution is -2.11. The van der Waals surface area contributed by atoms with Gasteiger partial charge in [-0.15, -0.1) is 0 Å². The van der Waals surface area contributed by atoms with Crippen molar-refractivity contribution in [1.82, 2.24) is 0 Å². The lowest BCUT2D eigenvalue weighted by molar-refractivity contribution is 0.100. The number of carbonyl (C=O) groups excluding carboxylic acids is 1. The Morgan fingerprint density at radius 2 is 2.14 bits per heavy atom. The number of hydrogen-bond acceptors (Lipinski definition) is 2. The Balaban J connectivity index is 1.89. The smallest absolute Gasteiger partial charge is 0.248 e. The standard InChI is InChI=1S/C18H14N2O/c1-12-6-7-14(18(19)21)10-13(12)8-9-15-11-20-17-5-3-2-4-16(15)17/h2-7,10-11,16H,1H3,(H2,19,21). The van der Waals surface area contributed by atoms with Crippen molar-refractivity contribution < 1.29 is 4.79 Å². The Bertz CT molecular complexity index is 798. The molecule has 1 aliphatic carbocycles. The van der Waals surface area contributed by atoms with Crippen LogP contribution in [-0.4, -0.2) is 11.6 Å². The van der Waals surface area contributed by atoms with Crippen molar-refractivity contribution >= 4 is 11.6 Å². The number of nitrogens with zero attached hydrogens (tertiary/aromatic N) is 1. The lowest BCUT2D eigenvalue weighted by Gasteiger charge is -2.09. The number of rotatable bonds is 1. The van der Waals surface area contributed by atoms with Crippen molar-refractivity contribution in [3.63, 3.8) is 0 Å². The van der Waals surface area contributed by atoms with E-state index in [1.165, 1.54) is 0 Å². The summed E-state index contributed by atoms with van der Waals surface area (Å²) >= 11 is 0. The maximum Gasteiger partial charge on any atom is 0.248 e. The Labute approximate surface area is 123 Å². The predicted octanol–water partition coefficient (Wildman–Crippen LogP) is 2.53. The summed E-state index contributed by atoms with van der Waals surface area (Å²) in [5.74, 6) is 6.00. The monoisotopic (exact) mass is 274 g/mol. The van der Waals surface area contributed by atoms with E-state index in [1.54, 1.807) is 18.3 Å². The maximum absolute atomic E-state index is 11.2. The number of hydrogen-bond donors (Lipinski definition) is 1. The second kappa shape index (κ2) is 5.26. The Morgan fingerprint density at radius 3 is 2.95 bits per heavy atom. The van der Waals surface area contributed by atoms with Gasteiger partial charge in [0.15, 0.2) is 0 Å². The maximum atomic E-state index is 11.2. The van der Waals surface area contributed by atoms with E-state index in [4.69, 9.17) is 5.73 Å². The normalized spacial score (nSPS) is 18.4. The highest BCUT2D eigenvalue weighted by molar-refractivity contribution is 6.04. The van der Waals surface area contributed by atoms with Gasteiger partial charge in [-0.1, -0.05) is 36.1 Å². The van der Waals surface area contributed by atoms with Crippen LogP contribution in [0.1, 0.15) is 21.5 Å². The molecule has 0 fully saturated rings. The van der Waals surface area contributed by atoms with Gasteiger partial charge in [0.2, 0.25) is 5.91 Å². The Hall–Kier alpha value is -2.86. The van der Waals surface area contributed by atoms with Gasteiger partial charge in [-0.05, 0) is 30.7 Å². The Kier molecular flexibility index (Phi) is 3.29. The van der Waals surface area contributed by atoms with Crippen molar-refractivity contribution in [2.45, 2.75) is 6.92 Å². The fourth-order valence-corrected chi connectivity index (χ4v) is 2.30. The topological polar surface area (TPSA) is 55.5 Å². The molecule has 0 radical (unpaired) electrons. The molecule has 0 bridgehead atoms. The van der Waals surface area contributed by atoms with E-state index in [1.807, 2.05) is 31.2 Å². The number of fused-ring (bicyclic) bond motifs is 1. The van der Waals surface area contributed by atoms with Crippen LogP contribution in [0.25, 0.3) is 0 Å². The molecule has 102 valence electrons. The minimum Gasteiger partial charge on any atom is -0.366 e. The van der Waals surface area contributed by atoms with Gasteiger partial charge in [0, 0.05) is 22.9 Å². The van der Waals surface area contributed by atoms with E-state index in [-0.39, 0.29) is 5.92 Å². The molecule has 1 unspecified atom stereocenters. The first-order valence-corrected chi connectivity index (χ1v) is 6.70. The zero-order valence-corrected chi connectivity index (χ0v) is 11.6. The SMILES string of the molecule is Cc1ccc(C(N)=O)cc1C#CC1=CN=C2C=CC=CC12. The Morgan fingerprint density at radius 1 is 1.29 bits per heavy atom. The summed E-state index contributed by atoms with van der Waals surface area (Å²) in [6.45, 7) is 1.96. The predicted molar refractivity (Wildman–Crippen MR) is 83.9 cm³/mol. The van der Waals surface area contributed by atoms with Crippen LogP contribution >= 0.6 is 0 Å². The van der Waals surface area contributed by atoms with Crippen molar-refractivity contribution in [3.05, 3.63) is 71.0 Å². The van der Waals surface area contributed by atoms with Crippen LogP contribution in [0.15, 0.2) is 59.3 Å². The molecule has 2 aliphatic rings. The van der Waals surface area contributed by atoms with Gasteiger partial charge in [0.1, 0.15) is 0 Å². The summed E-state index contributed by atoms with van der Waals surface area (Å²) in [5, 5.41) is 0. The summed E-state index contributed by atoms with van der Waals surface area (Å²) in [6, 6.07) is 5.31. The van der Waals surface area contributed by atoms with Crippen LogP contribution in [-0.2, 0) is 0 Å². The molecule has 1 aliphatic heterocycles. The van der Waals surface area contributed by atoms with Crippen molar-refractivity contribution in [1.29, 1.82) is 0 Å². The van der Waals surface area contributed by atoms with Gasteiger partial charge in [-0.3, -0.25) is 9.79 Å². The molecule has 1 aromatic carbocycles. The van der Waals surface area contributed by atoms with Gasteiger partial charge in [-0.2, -0.15) is 0 Å². The summed E-state index contributed by atoms with van der Waals surface area (Å²) in [5.41, 5.74) is 9.60. The highest BCUT2D eigenvalue weighted by Crippen LogP contribution is 2.24. The number of benzene rings is 1. The van der Waals surface area contributed by atoms with E-state index in [0.717, 1.165) is 22.4 Å². The first-order chi connectivity index (χ1) is 10.1. The molecule has 1 atom stereocenters. The number of carbonyl (C=O) groups is 1. The number of aryl methyl sites for hydroxylation is 1. The average Bonchev–Trinajstić information content (AvgIpc) is 2.89. The average molecular weight is 274 g/mol. The molecule has 2 N–H and O–H groups in total. The van der Waals surface area contributed by atoms with Crippen molar-refractivity contribution in [2.24, 2.45) is 16.6 Å². The third-order valence-corrected chi connectivity index (χ3v) is 3.55. The van der Waals surface area contributed by atoms with E-state index in [0.29, 0.717) is 5.56 Å². The van der Waals surface area contributed by atoms with Gasteiger partial charge in [0.25, 0.3) is 0 Å². The van der Waals surface area contributed by atoms with Crippen LogP contribution in [0.5, 0.6) is 0 Å². The fourth-order valence-electron chi connectivity index (χ4n) is 2.30. The van der Waals surface area contributed by atoms with Crippen LogP contribution in [0.4, 0.5) is 0 Å². The van der Waals surface area contributed by atoms with Crippen molar-refractivity contribution in [2.75, 3.05) is 0 Å². The molecule has 0 aromatic heterocycles. The first-order valence-electron chi connectivity index (χ1n) is 6.70. The third kappa shape index (κ3) is 2.56. The summed E-state index contributed by atoms with van der Waals surface area (Å²) in [6.07, 6.45) is 9.86. The minimum absolute atomic E-state index is 0.155. The van der Waals surface area contributed by atoms with E-state index < -0.39 is 5.91 Å². The zero-order valence-electron chi connectivity index (χ0n) is 11.6. The van der Waals surface area contributed by atoms with E-state index in [2.05, 4.69) is 22.9 Å². The number of aliphatic imine (C=N–C) groups is 1. The summed E-state index contributed by atoms with van der Waals surface area (Å²) in [4.78, 5) is 15.6. The lowest BCUT2D eigenvalue weighted by atomic mass is 9.93. The molecule has 0 saturated carbocycles. The molecule has 1 aromatic rings. The number of primary amides is 1. The molecule has 0 spiro atoms. The number of nitrogens with two attached hydrogens (primary N) is 1. The van der Waals surface area contributed by atoms with Crippen molar-refractivity contribution in [3.8, 4) is 11.8 Å². The van der Waals surface area contributed by atoms with Gasteiger partial charge in [0.05, 0.1) is 11.6 Å². The number of amides is 1. The molecule has 1 heterocycles. The summed E-state index contributed by atoms with van der Waals surface area (Å²) < 4.78 is 0. The molecular weight excluding hydrogens is 260 g/mol. The fraction of sp³-hybridized carbons (Fsp3) is 0.111. The zero-order chi connectivity index (χ0) is 14.8. The molecule has 3 nitrogen and oxygen atoms in total. The number of allylic oxidation sites excluding steroid dienone is 5. The van der Waals surface area contributed by atoms with Gasteiger partial charge in [-0.25, -0.2) is 0 Å². The van der Waals surface area contributed by atoms with Crippen LogP contribution in [0.3, 0.4) is 0 Å². The molecule has 3 heteroatoms. The van der Waals surface area contributed by atoms with E-state index >= 15 is 0 Å². The van der Waals surface area contributed by atoms with Crippen LogP contribution in [0.2, 0.25) is 0 Å². The quantitative estimate of drug-likeness (QED) is 0.786. The molecule has 0 saturated heterocycles. The largest absolute Gasteiger partial charge is 0.366 e. The highest BCUT2D eigenvalue weighted by Gasteiger charge is 2.20. The second-order valence-corrected chi connectivity index (χ2v) is 5.00. The highest BCUT2D eigenvalue weighted by atomic mass is 16.1. The van der Waals surface area contributed by atoms with Gasteiger partial charge < -0.3 is 5.73 Å².